The van der Waals surface area contributed by atoms with Crippen molar-refractivity contribution in [2.75, 3.05) is 6.61 Å². The highest BCUT2D eigenvalue weighted by Gasteiger charge is 2.11. The van der Waals surface area contributed by atoms with E-state index in [1.165, 1.54) is 18.9 Å². The number of ether oxygens (including phenoxy) is 1. The molecule has 1 rings (SSSR count). The first-order valence-electron chi connectivity index (χ1n) is 5.91. The van der Waals surface area contributed by atoms with Crippen LogP contribution in [0.4, 0.5) is 0 Å². The van der Waals surface area contributed by atoms with Gasteiger partial charge in [0.25, 0.3) is 5.91 Å². The Hall–Kier alpha value is -1.71. The molecule has 1 aromatic rings. The summed E-state index contributed by atoms with van der Waals surface area (Å²) in [5.74, 6) is -0.507. The largest absolute Gasteiger partial charge is 0.504 e. The van der Waals surface area contributed by atoms with E-state index in [4.69, 9.17) is 10.5 Å². The van der Waals surface area contributed by atoms with Gasteiger partial charge >= 0.3 is 0 Å². The number of phenols is 1. The maximum absolute atomic E-state index is 11.0. The third-order valence-electron chi connectivity index (χ3n) is 2.52. The van der Waals surface area contributed by atoms with Crippen molar-refractivity contribution >= 4 is 5.91 Å². The minimum Gasteiger partial charge on any atom is -0.504 e. The van der Waals surface area contributed by atoms with Crippen molar-refractivity contribution in [3.8, 4) is 11.5 Å². The predicted molar refractivity (Wildman–Crippen MR) is 66.3 cm³/mol. The molecule has 0 aliphatic carbocycles. The fraction of sp³-hybridized carbons (Fsp3) is 0.462. The van der Waals surface area contributed by atoms with Gasteiger partial charge in [-0.25, -0.2) is 0 Å². The summed E-state index contributed by atoms with van der Waals surface area (Å²) in [6, 6.07) is 4.74. The van der Waals surface area contributed by atoms with Crippen LogP contribution < -0.4 is 10.5 Å². The Morgan fingerprint density at radius 3 is 2.76 bits per heavy atom. The summed E-state index contributed by atoms with van der Waals surface area (Å²) in [4.78, 5) is 11.0. The summed E-state index contributed by atoms with van der Waals surface area (Å²) >= 11 is 0. The van der Waals surface area contributed by atoms with Crippen LogP contribution in [0.25, 0.3) is 0 Å². The normalized spacial score (nSPS) is 10.2. The molecule has 4 heteroatoms. The number of aromatic hydroxyl groups is 1. The van der Waals surface area contributed by atoms with E-state index >= 15 is 0 Å². The molecule has 0 spiro atoms. The highest BCUT2D eigenvalue weighted by molar-refractivity contribution is 5.96. The van der Waals surface area contributed by atoms with Gasteiger partial charge in [0.2, 0.25) is 0 Å². The highest BCUT2D eigenvalue weighted by atomic mass is 16.5. The topological polar surface area (TPSA) is 72.5 Å². The van der Waals surface area contributed by atoms with E-state index in [0.29, 0.717) is 12.4 Å². The zero-order valence-electron chi connectivity index (χ0n) is 10.1. The first-order valence-corrected chi connectivity index (χ1v) is 5.91. The first-order chi connectivity index (χ1) is 8.16. The van der Waals surface area contributed by atoms with Gasteiger partial charge in [-0.15, -0.1) is 0 Å². The van der Waals surface area contributed by atoms with Crippen molar-refractivity contribution in [3.05, 3.63) is 23.8 Å². The SMILES string of the molecule is CCCCCCOc1cccc(C(N)=O)c1O. The fourth-order valence-electron chi connectivity index (χ4n) is 1.55. The molecule has 0 aliphatic rings. The Bertz CT molecular complexity index is 377. The molecule has 1 aromatic carbocycles. The number of carbonyl (C=O) groups excluding carboxylic acids is 1. The lowest BCUT2D eigenvalue weighted by atomic mass is 10.2. The van der Waals surface area contributed by atoms with Crippen LogP contribution in [-0.4, -0.2) is 17.6 Å². The molecule has 0 saturated carbocycles. The molecule has 3 N–H and O–H groups in total. The number of carbonyl (C=O) groups is 1. The maximum atomic E-state index is 11.0. The summed E-state index contributed by atoms with van der Waals surface area (Å²) in [6.07, 6.45) is 4.39. The molecular formula is C13H19NO3. The van der Waals surface area contributed by atoms with Gasteiger partial charge in [-0.1, -0.05) is 32.3 Å². The molecule has 0 bridgehead atoms. The molecular weight excluding hydrogens is 218 g/mol. The van der Waals surface area contributed by atoms with Crippen LogP contribution in [0.15, 0.2) is 18.2 Å². The number of amides is 1. The van der Waals surface area contributed by atoms with Crippen LogP contribution in [0.5, 0.6) is 11.5 Å². The van der Waals surface area contributed by atoms with Crippen molar-refractivity contribution < 1.29 is 14.6 Å². The Kier molecular flexibility index (Phi) is 5.33. The van der Waals surface area contributed by atoms with E-state index in [-0.39, 0.29) is 11.3 Å². The zero-order valence-corrected chi connectivity index (χ0v) is 10.1. The summed E-state index contributed by atoms with van der Waals surface area (Å²) in [5.41, 5.74) is 5.22. The van der Waals surface area contributed by atoms with Gasteiger partial charge in [-0.2, -0.15) is 0 Å². The predicted octanol–water partition coefficient (Wildman–Crippen LogP) is 2.45. The van der Waals surface area contributed by atoms with Crippen molar-refractivity contribution in [3.63, 3.8) is 0 Å². The Balaban J connectivity index is 2.54. The zero-order chi connectivity index (χ0) is 12.7. The van der Waals surface area contributed by atoms with Gasteiger partial charge in [0, 0.05) is 0 Å². The third kappa shape index (κ3) is 3.98. The van der Waals surface area contributed by atoms with Gasteiger partial charge in [-0.05, 0) is 18.6 Å². The van der Waals surface area contributed by atoms with Gasteiger partial charge < -0.3 is 15.6 Å². The van der Waals surface area contributed by atoms with Gasteiger partial charge in [-0.3, -0.25) is 4.79 Å². The number of nitrogens with two attached hydrogens (primary N) is 1. The molecule has 4 nitrogen and oxygen atoms in total. The number of hydrogen-bond acceptors (Lipinski definition) is 3. The number of primary amides is 1. The van der Waals surface area contributed by atoms with Crippen LogP contribution in [0, 0.1) is 0 Å². The van der Waals surface area contributed by atoms with E-state index in [0.717, 1.165) is 12.8 Å². The quantitative estimate of drug-likeness (QED) is 0.715. The summed E-state index contributed by atoms with van der Waals surface area (Å²) < 4.78 is 5.42. The standard InChI is InChI=1S/C13H19NO3/c1-2-3-4-5-9-17-11-8-6-7-10(12(11)15)13(14)16/h6-8,15H,2-5,9H2,1H3,(H2,14,16). The lowest BCUT2D eigenvalue weighted by Gasteiger charge is -2.09. The lowest BCUT2D eigenvalue weighted by molar-refractivity contribution is 0.0997. The molecule has 17 heavy (non-hydrogen) atoms. The minimum atomic E-state index is -0.654. The number of benzene rings is 1. The van der Waals surface area contributed by atoms with Gasteiger partial charge in [0.15, 0.2) is 11.5 Å². The number of para-hydroxylation sites is 1. The molecule has 0 unspecified atom stereocenters. The maximum Gasteiger partial charge on any atom is 0.252 e. The Morgan fingerprint density at radius 2 is 2.12 bits per heavy atom. The molecule has 94 valence electrons. The Labute approximate surface area is 101 Å². The smallest absolute Gasteiger partial charge is 0.252 e. The Morgan fingerprint density at radius 1 is 1.35 bits per heavy atom. The average Bonchev–Trinajstić information content (AvgIpc) is 2.30. The first kappa shape index (κ1) is 13.4. The average molecular weight is 237 g/mol. The summed E-state index contributed by atoms with van der Waals surface area (Å²) in [7, 11) is 0. The molecule has 1 amide bonds. The van der Waals surface area contributed by atoms with Crippen LogP contribution >= 0.6 is 0 Å². The van der Waals surface area contributed by atoms with E-state index in [1.807, 2.05) is 0 Å². The third-order valence-corrected chi connectivity index (χ3v) is 2.52. The molecule has 0 atom stereocenters. The molecule has 0 aliphatic heterocycles. The molecule has 0 radical (unpaired) electrons. The van der Waals surface area contributed by atoms with E-state index in [1.54, 1.807) is 12.1 Å². The minimum absolute atomic E-state index is 0.0936. The van der Waals surface area contributed by atoms with Crippen molar-refractivity contribution in [1.29, 1.82) is 0 Å². The van der Waals surface area contributed by atoms with E-state index < -0.39 is 5.91 Å². The van der Waals surface area contributed by atoms with Crippen LogP contribution in [0.3, 0.4) is 0 Å². The van der Waals surface area contributed by atoms with Gasteiger partial charge in [0.05, 0.1) is 12.2 Å². The molecule has 0 aromatic heterocycles. The van der Waals surface area contributed by atoms with E-state index in [2.05, 4.69) is 6.92 Å². The molecule has 0 saturated heterocycles. The molecule has 0 fully saturated rings. The van der Waals surface area contributed by atoms with Crippen LogP contribution in [0.2, 0.25) is 0 Å². The van der Waals surface area contributed by atoms with Gasteiger partial charge in [0.1, 0.15) is 0 Å². The lowest BCUT2D eigenvalue weighted by Crippen LogP contribution is -2.11. The second-order valence-electron chi connectivity index (χ2n) is 3.93. The number of rotatable bonds is 7. The van der Waals surface area contributed by atoms with Crippen LogP contribution in [0.1, 0.15) is 43.0 Å². The second kappa shape index (κ2) is 6.78. The van der Waals surface area contributed by atoms with E-state index in [9.17, 15) is 9.90 Å². The fourth-order valence-corrected chi connectivity index (χ4v) is 1.55. The highest BCUT2D eigenvalue weighted by Crippen LogP contribution is 2.29. The van der Waals surface area contributed by atoms with Crippen LogP contribution in [-0.2, 0) is 0 Å². The van der Waals surface area contributed by atoms with Crippen molar-refractivity contribution in [2.24, 2.45) is 5.73 Å². The summed E-state index contributed by atoms with van der Waals surface area (Å²) in [5, 5.41) is 9.74. The van der Waals surface area contributed by atoms with Crippen molar-refractivity contribution in [1.82, 2.24) is 0 Å². The second-order valence-corrected chi connectivity index (χ2v) is 3.93. The monoisotopic (exact) mass is 237 g/mol. The van der Waals surface area contributed by atoms with Crippen molar-refractivity contribution in [2.45, 2.75) is 32.6 Å². The summed E-state index contributed by atoms with van der Waals surface area (Å²) in [6.45, 7) is 2.68. The number of unbranched alkanes of at least 4 members (excludes halogenated alkanes) is 3. The molecule has 0 heterocycles. The number of hydrogen-bond donors (Lipinski definition) is 2.